The lowest BCUT2D eigenvalue weighted by molar-refractivity contribution is -0.117. The average molecular weight is 217 g/mol. The monoisotopic (exact) mass is 217 g/mol. The Morgan fingerprint density at radius 3 is 2.57 bits per heavy atom. The second kappa shape index (κ2) is 3.75. The molecule has 4 nitrogen and oxygen atoms in total. The van der Waals surface area contributed by atoms with Crippen LogP contribution in [0.1, 0.15) is 6.92 Å². The van der Waals surface area contributed by atoms with Crippen molar-refractivity contribution in [2.45, 2.75) is 11.8 Å². The van der Waals surface area contributed by atoms with E-state index in [9.17, 15) is 17.6 Å². The molecule has 0 saturated heterocycles. The Balaban J connectivity index is 3.11. The number of nitrogens with one attached hydrogen (secondary N) is 1. The van der Waals surface area contributed by atoms with Gasteiger partial charge in [0.2, 0.25) is 5.91 Å². The maximum absolute atomic E-state index is 12.7. The first kappa shape index (κ1) is 10.6. The molecule has 0 atom stereocenters. The number of carbonyl (C=O) groups excluding carboxylic acids is 1. The number of halogens is 1. The van der Waals surface area contributed by atoms with Gasteiger partial charge in [-0.3, -0.25) is 4.79 Å². The maximum atomic E-state index is 12.7. The zero-order valence-electron chi connectivity index (χ0n) is 7.32. The van der Waals surface area contributed by atoms with Gasteiger partial charge >= 0.3 is 0 Å². The third-order valence-corrected chi connectivity index (χ3v) is 2.82. The third-order valence-electron chi connectivity index (χ3n) is 1.38. The van der Waals surface area contributed by atoms with Crippen LogP contribution in [-0.4, -0.2) is 14.3 Å². The molecule has 0 radical (unpaired) electrons. The van der Waals surface area contributed by atoms with Crippen LogP contribution in [0.5, 0.6) is 0 Å². The van der Waals surface area contributed by atoms with Crippen molar-refractivity contribution in [2.24, 2.45) is 0 Å². The first-order valence-electron chi connectivity index (χ1n) is 3.71. The van der Waals surface area contributed by atoms with E-state index in [4.69, 9.17) is 0 Å². The van der Waals surface area contributed by atoms with Crippen molar-refractivity contribution in [3.05, 3.63) is 30.1 Å². The highest BCUT2D eigenvalue weighted by Crippen LogP contribution is 2.09. The van der Waals surface area contributed by atoms with Crippen LogP contribution in [0.4, 0.5) is 4.39 Å². The lowest BCUT2D eigenvalue weighted by Gasteiger charge is -2.03. The molecule has 1 amide bonds. The summed E-state index contributed by atoms with van der Waals surface area (Å²) in [4.78, 5) is 10.3. The molecule has 1 N–H and O–H groups in total. The summed E-state index contributed by atoms with van der Waals surface area (Å²) >= 11 is 0. The molecule has 76 valence electrons. The number of benzene rings is 1. The average Bonchev–Trinajstić information content (AvgIpc) is 2.01. The van der Waals surface area contributed by atoms with E-state index < -0.39 is 21.7 Å². The van der Waals surface area contributed by atoms with Gasteiger partial charge < -0.3 is 0 Å². The van der Waals surface area contributed by atoms with E-state index in [0.717, 1.165) is 19.1 Å². The van der Waals surface area contributed by atoms with Gasteiger partial charge in [-0.05, 0) is 18.2 Å². The fourth-order valence-corrected chi connectivity index (χ4v) is 1.90. The van der Waals surface area contributed by atoms with Crippen LogP contribution < -0.4 is 4.72 Å². The molecule has 0 unspecified atom stereocenters. The maximum Gasteiger partial charge on any atom is 0.264 e. The first-order chi connectivity index (χ1) is 6.42. The summed E-state index contributed by atoms with van der Waals surface area (Å²) in [7, 11) is -3.92. The zero-order chi connectivity index (χ0) is 10.8. The highest BCUT2D eigenvalue weighted by Gasteiger charge is 2.15. The molecule has 6 heteroatoms. The third kappa shape index (κ3) is 2.53. The number of sulfonamides is 1. The van der Waals surface area contributed by atoms with Gasteiger partial charge in [-0.15, -0.1) is 0 Å². The Morgan fingerprint density at radius 2 is 2.07 bits per heavy atom. The number of amides is 1. The van der Waals surface area contributed by atoms with Gasteiger partial charge in [0.15, 0.2) is 0 Å². The van der Waals surface area contributed by atoms with Crippen molar-refractivity contribution in [1.82, 2.24) is 4.72 Å². The van der Waals surface area contributed by atoms with Crippen molar-refractivity contribution in [3.63, 3.8) is 0 Å². The highest BCUT2D eigenvalue weighted by molar-refractivity contribution is 7.90. The molecule has 0 aromatic heterocycles. The summed E-state index contributed by atoms with van der Waals surface area (Å²) in [6.45, 7) is 1.07. The molecule has 0 fully saturated rings. The van der Waals surface area contributed by atoms with Crippen LogP contribution in [0.3, 0.4) is 0 Å². The van der Waals surface area contributed by atoms with Crippen molar-refractivity contribution in [1.29, 1.82) is 0 Å². The molecule has 1 aromatic carbocycles. The molecule has 0 aliphatic heterocycles. The molecule has 0 heterocycles. The first-order valence-corrected chi connectivity index (χ1v) is 5.19. The number of hydrogen-bond donors (Lipinski definition) is 1. The molecule has 0 bridgehead atoms. The standard InChI is InChI=1S/C8H8FNO3S/c1-6(11)10-14(12,13)8-4-2-3-7(9)5-8/h2-5H,1H3,(H,10,11). The smallest absolute Gasteiger partial charge is 0.264 e. The van der Waals surface area contributed by atoms with E-state index >= 15 is 0 Å². The molecule has 0 aliphatic carbocycles. The van der Waals surface area contributed by atoms with E-state index in [0.29, 0.717) is 0 Å². The molecule has 14 heavy (non-hydrogen) atoms. The Morgan fingerprint density at radius 1 is 1.43 bits per heavy atom. The van der Waals surface area contributed by atoms with Gasteiger partial charge in [0.1, 0.15) is 5.82 Å². The predicted molar refractivity (Wildman–Crippen MR) is 47.4 cm³/mol. The van der Waals surface area contributed by atoms with Crippen molar-refractivity contribution < 1.29 is 17.6 Å². The fourth-order valence-electron chi connectivity index (χ4n) is 0.882. The molecule has 0 aliphatic rings. The second-order valence-electron chi connectivity index (χ2n) is 2.62. The lowest BCUT2D eigenvalue weighted by Crippen LogP contribution is -2.28. The topological polar surface area (TPSA) is 63.2 Å². The Labute approximate surface area is 80.8 Å². The summed E-state index contributed by atoms with van der Waals surface area (Å²) in [5.41, 5.74) is 0. The quantitative estimate of drug-likeness (QED) is 0.791. The van der Waals surface area contributed by atoms with E-state index in [-0.39, 0.29) is 4.90 Å². The predicted octanol–water partition coefficient (Wildman–Crippen LogP) is 0.650. The van der Waals surface area contributed by atoms with E-state index in [1.54, 1.807) is 4.72 Å². The molecule has 0 saturated carbocycles. The Hall–Kier alpha value is -1.43. The van der Waals surface area contributed by atoms with Gasteiger partial charge in [-0.1, -0.05) is 6.07 Å². The SMILES string of the molecule is CC(=O)NS(=O)(=O)c1cccc(F)c1. The van der Waals surface area contributed by atoms with Crippen LogP contribution in [0.15, 0.2) is 29.2 Å². The summed E-state index contributed by atoms with van der Waals surface area (Å²) in [6.07, 6.45) is 0. The minimum Gasteiger partial charge on any atom is -0.274 e. The largest absolute Gasteiger partial charge is 0.274 e. The van der Waals surface area contributed by atoms with Gasteiger partial charge in [-0.25, -0.2) is 17.5 Å². The summed E-state index contributed by atoms with van der Waals surface area (Å²) < 4.78 is 37.0. The molecular formula is C8H8FNO3S. The van der Waals surface area contributed by atoms with Gasteiger partial charge in [0, 0.05) is 6.92 Å². The van der Waals surface area contributed by atoms with E-state index in [1.165, 1.54) is 12.1 Å². The molecular weight excluding hydrogens is 209 g/mol. The Bertz CT molecular complexity index is 455. The molecule has 1 rings (SSSR count). The normalized spacial score (nSPS) is 11.0. The number of rotatable bonds is 2. The summed E-state index contributed by atoms with van der Waals surface area (Å²) in [5, 5.41) is 0. The van der Waals surface area contributed by atoms with Gasteiger partial charge in [0.25, 0.3) is 10.0 Å². The summed E-state index contributed by atoms with van der Waals surface area (Å²) in [5.74, 6) is -1.38. The van der Waals surface area contributed by atoms with Crippen molar-refractivity contribution in [3.8, 4) is 0 Å². The van der Waals surface area contributed by atoms with Crippen molar-refractivity contribution in [2.75, 3.05) is 0 Å². The van der Waals surface area contributed by atoms with Gasteiger partial charge in [0.05, 0.1) is 4.90 Å². The van der Waals surface area contributed by atoms with Crippen LogP contribution >= 0.6 is 0 Å². The number of carbonyl (C=O) groups is 1. The van der Waals surface area contributed by atoms with Crippen LogP contribution in [0.25, 0.3) is 0 Å². The lowest BCUT2D eigenvalue weighted by atomic mass is 10.4. The minimum absolute atomic E-state index is 0.271. The van der Waals surface area contributed by atoms with Gasteiger partial charge in [-0.2, -0.15) is 0 Å². The highest BCUT2D eigenvalue weighted by atomic mass is 32.2. The van der Waals surface area contributed by atoms with Crippen LogP contribution in [0.2, 0.25) is 0 Å². The fraction of sp³-hybridized carbons (Fsp3) is 0.125. The van der Waals surface area contributed by atoms with E-state index in [1.807, 2.05) is 0 Å². The Kier molecular flexibility index (Phi) is 2.85. The second-order valence-corrected chi connectivity index (χ2v) is 4.30. The molecule has 1 aromatic rings. The van der Waals surface area contributed by atoms with Crippen LogP contribution in [0, 0.1) is 5.82 Å². The zero-order valence-corrected chi connectivity index (χ0v) is 8.14. The summed E-state index contributed by atoms with van der Waals surface area (Å²) in [6, 6.07) is 4.41. The van der Waals surface area contributed by atoms with E-state index in [2.05, 4.69) is 0 Å². The van der Waals surface area contributed by atoms with Crippen molar-refractivity contribution >= 4 is 15.9 Å². The minimum atomic E-state index is -3.92. The molecule has 0 spiro atoms. The van der Waals surface area contributed by atoms with Crippen LogP contribution in [-0.2, 0) is 14.8 Å². The number of hydrogen-bond acceptors (Lipinski definition) is 3.